The average molecular weight is 178 g/mol. The lowest BCUT2D eigenvalue weighted by Crippen LogP contribution is -1.92. The molecule has 1 aromatic carbocycles. The van der Waals surface area contributed by atoms with Gasteiger partial charge in [-0.3, -0.25) is 4.79 Å². The summed E-state index contributed by atoms with van der Waals surface area (Å²) in [7, 11) is 0. The van der Waals surface area contributed by atoms with E-state index in [-0.39, 0.29) is 5.82 Å². The number of nitrogens with one attached hydrogen (secondary N) is 2. The zero-order chi connectivity index (χ0) is 9.26. The molecule has 3 nitrogen and oxygen atoms in total. The van der Waals surface area contributed by atoms with Crippen molar-refractivity contribution in [1.82, 2.24) is 4.98 Å². The number of anilines is 1. The molecule has 0 aliphatic heterocycles. The second kappa shape index (κ2) is 2.90. The maximum absolute atomic E-state index is 12.7. The highest BCUT2D eigenvalue weighted by molar-refractivity contribution is 5.86. The van der Waals surface area contributed by atoms with Crippen LogP contribution < -0.4 is 5.32 Å². The first-order valence-corrected chi connectivity index (χ1v) is 3.78. The third kappa shape index (κ3) is 1.38. The summed E-state index contributed by atoms with van der Waals surface area (Å²) in [6, 6.07) is 6.07. The number of benzene rings is 1. The van der Waals surface area contributed by atoms with Crippen molar-refractivity contribution in [3.05, 3.63) is 30.1 Å². The standard InChI is InChI=1S/C9H7FN2O/c10-7-1-2-8-6(3-7)4-9(12-8)11-5-13/h1-5,12H,(H,11,13). The van der Waals surface area contributed by atoms with E-state index in [1.165, 1.54) is 12.1 Å². The number of hydrogen-bond donors (Lipinski definition) is 2. The summed E-state index contributed by atoms with van der Waals surface area (Å²) in [5, 5.41) is 3.20. The van der Waals surface area contributed by atoms with Crippen LogP contribution in [0.25, 0.3) is 10.9 Å². The molecule has 0 fully saturated rings. The smallest absolute Gasteiger partial charge is 0.212 e. The predicted octanol–water partition coefficient (Wildman–Crippen LogP) is 1.88. The molecule has 0 saturated heterocycles. The molecule has 2 rings (SSSR count). The second-order valence-corrected chi connectivity index (χ2v) is 2.68. The summed E-state index contributed by atoms with van der Waals surface area (Å²) in [6.07, 6.45) is 0.571. The largest absolute Gasteiger partial charge is 0.341 e. The fraction of sp³-hybridized carbons (Fsp3) is 0. The highest BCUT2D eigenvalue weighted by Crippen LogP contribution is 2.18. The first-order valence-electron chi connectivity index (χ1n) is 3.78. The third-order valence-electron chi connectivity index (χ3n) is 1.80. The quantitative estimate of drug-likeness (QED) is 0.677. The number of H-pyrrole nitrogens is 1. The molecule has 2 N–H and O–H groups in total. The Morgan fingerprint density at radius 1 is 1.38 bits per heavy atom. The van der Waals surface area contributed by atoms with E-state index in [1.54, 1.807) is 12.1 Å². The Labute approximate surface area is 73.6 Å². The number of carbonyl (C=O) groups excluding carboxylic acids is 1. The van der Waals surface area contributed by atoms with E-state index < -0.39 is 0 Å². The molecular formula is C9H7FN2O. The van der Waals surface area contributed by atoms with Gasteiger partial charge >= 0.3 is 0 Å². The van der Waals surface area contributed by atoms with Crippen LogP contribution in [0.4, 0.5) is 10.2 Å². The van der Waals surface area contributed by atoms with Gasteiger partial charge in [-0.05, 0) is 24.3 Å². The molecule has 0 unspecified atom stereocenters. The summed E-state index contributed by atoms with van der Waals surface area (Å²) >= 11 is 0. The fourth-order valence-electron chi connectivity index (χ4n) is 1.24. The van der Waals surface area contributed by atoms with Crippen molar-refractivity contribution in [1.29, 1.82) is 0 Å². The van der Waals surface area contributed by atoms with Crippen LogP contribution in [0.3, 0.4) is 0 Å². The molecule has 2 aromatic rings. The predicted molar refractivity (Wildman–Crippen MR) is 47.9 cm³/mol. The minimum atomic E-state index is -0.288. The molecule has 0 aliphatic rings. The number of aromatic nitrogens is 1. The number of rotatable bonds is 2. The average Bonchev–Trinajstić information content (AvgIpc) is 2.46. The Bertz CT molecular complexity index is 450. The van der Waals surface area contributed by atoms with Crippen molar-refractivity contribution in [2.75, 3.05) is 5.32 Å². The molecule has 0 bridgehead atoms. The van der Waals surface area contributed by atoms with Gasteiger partial charge in [-0.2, -0.15) is 0 Å². The normalized spacial score (nSPS) is 10.2. The van der Waals surface area contributed by atoms with Crippen molar-refractivity contribution >= 4 is 23.1 Å². The van der Waals surface area contributed by atoms with Crippen LogP contribution >= 0.6 is 0 Å². The van der Waals surface area contributed by atoms with E-state index in [0.717, 1.165) is 10.9 Å². The lowest BCUT2D eigenvalue weighted by Gasteiger charge is -1.88. The van der Waals surface area contributed by atoms with Crippen LogP contribution in [0.1, 0.15) is 0 Å². The zero-order valence-electron chi connectivity index (χ0n) is 6.67. The van der Waals surface area contributed by atoms with E-state index >= 15 is 0 Å². The topological polar surface area (TPSA) is 44.9 Å². The van der Waals surface area contributed by atoms with Gasteiger partial charge in [-0.1, -0.05) is 0 Å². The molecule has 0 saturated carbocycles. The van der Waals surface area contributed by atoms with Crippen LogP contribution in [-0.4, -0.2) is 11.4 Å². The lowest BCUT2D eigenvalue weighted by atomic mass is 10.2. The van der Waals surface area contributed by atoms with Gasteiger partial charge in [0.25, 0.3) is 0 Å². The molecule has 0 atom stereocenters. The molecule has 1 amide bonds. The summed E-state index contributed by atoms with van der Waals surface area (Å²) in [5.41, 5.74) is 0.797. The zero-order valence-corrected chi connectivity index (χ0v) is 6.67. The van der Waals surface area contributed by atoms with Crippen molar-refractivity contribution in [3.8, 4) is 0 Å². The summed E-state index contributed by atoms with van der Waals surface area (Å²) in [4.78, 5) is 13.0. The Hall–Kier alpha value is -1.84. The molecule has 0 radical (unpaired) electrons. The SMILES string of the molecule is O=CNc1cc2cc(F)ccc2[nH]1. The molecule has 66 valence electrons. The Morgan fingerprint density at radius 2 is 2.23 bits per heavy atom. The maximum Gasteiger partial charge on any atom is 0.212 e. The number of aromatic amines is 1. The number of fused-ring (bicyclic) bond motifs is 1. The highest BCUT2D eigenvalue weighted by Gasteiger charge is 2.00. The summed E-state index contributed by atoms with van der Waals surface area (Å²) < 4.78 is 12.7. The molecule has 1 heterocycles. The minimum absolute atomic E-state index is 0.288. The van der Waals surface area contributed by atoms with Crippen molar-refractivity contribution in [2.45, 2.75) is 0 Å². The first kappa shape index (κ1) is 7.79. The van der Waals surface area contributed by atoms with Gasteiger partial charge in [0.1, 0.15) is 11.6 Å². The first-order chi connectivity index (χ1) is 6.29. The van der Waals surface area contributed by atoms with Crippen molar-refractivity contribution < 1.29 is 9.18 Å². The monoisotopic (exact) mass is 178 g/mol. The van der Waals surface area contributed by atoms with E-state index in [1.807, 2.05) is 0 Å². The third-order valence-corrected chi connectivity index (χ3v) is 1.80. The molecule has 1 aromatic heterocycles. The molecule has 4 heteroatoms. The van der Waals surface area contributed by atoms with Crippen LogP contribution in [0, 0.1) is 5.82 Å². The molecule has 13 heavy (non-hydrogen) atoms. The lowest BCUT2D eigenvalue weighted by molar-refractivity contribution is -0.105. The van der Waals surface area contributed by atoms with Gasteiger partial charge in [0.05, 0.1) is 0 Å². The van der Waals surface area contributed by atoms with Crippen molar-refractivity contribution in [2.24, 2.45) is 0 Å². The van der Waals surface area contributed by atoms with E-state index in [9.17, 15) is 9.18 Å². The van der Waals surface area contributed by atoms with Crippen LogP contribution in [-0.2, 0) is 4.79 Å². The van der Waals surface area contributed by atoms with Crippen molar-refractivity contribution in [3.63, 3.8) is 0 Å². The van der Waals surface area contributed by atoms with Gasteiger partial charge in [0.2, 0.25) is 6.41 Å². The Morgan fingerprint density at radius 3 is 3.00 bits per heavy atom. The summed E-state index contributed by atoms with van der Waals surface area (Å²) in [6.45, 7) is 0. The van der Waals surface area contributed by atoms with Gasteiger partial charge in [-0.25, -0.2) is 4.39 Å². The number of amides is 1. The van der Waals surface area contributed by atoms with Crippen LogP contribution in [0.5, 0.6) is 0 Å². The van der Waals surface area contributed by atoms with Gasteiger partial charge < -0.3 is 10.3 Å². The maximum atomic E-state index is 12.7. The minimum Gasteiger partial charge on any atom is -0.341 e. The molecule has 0 aliphatic carbocycles. The fourth-order valence-corrected chi connectivity index (χ4v) is 1.24. The number of carbonyl (C=O) groups is 1. The molecule has 0 spiro atoms. The van der Waals surface area contributed by atoms with E-state index in [0.29, 0.717) is 12.2 Å². The van der Waals surface area contributed by atoms with Gasteiger partial charge in [0, 0.05) is 10.9 Å². The van der Waals surface area contributed by atoms with Gasteiger partial charge in [0.15, 0.2) is 0 Å². The number of hydrogen-bond acceptors (Lipinski definition) is 1. The van der Waals surface area contributed by atoms with Gasteiger partial charge in [-0.15, -0.1) is 0 Å². The second-order valence-electron chi connectivity index (χ2n) is 2.68. The summed E-state index contributed by atoms with van der Waals surface area (Å²) in [5.74, 6) is 0.278. The van der Waals surface area contributed by atoms with Crippen LogP contribution in [0.2, 0.25) is 0 Å². The molecular weight excluding hydrogens is 171 g/mol. The Kier molecular flexibility index (Phi) is 1.73. The van der Waals surface area contributed by atoms with Crippen LogP contribution in [0.15, 0.2) is 24.3 Å². The Balaban J connectivity index is 2.55. The van der Waals surface area contributed by atoms with E-state index in [4.69, 9.17) is 0 Å². The highest BCUT2D eigenvalue weighted by atomic mass is 19.1. The number of halogens is 1. The van der Waals surface area contributed by atoms with E-state index in [2.05, 4.69) is 10.3 Å².